The van der Waals surface area contributed by atoms with E-state index in [0.29, 0.717) is 56.9 Å². The molecule has 7 heterocycles. The van der Waals surface area contributed by atoms with Crippen LogP contribution in [0, 0.1) is 0 Å². The Morgan fingerprint density at radius 3 is 1.34 bits per heavy atom. The average Bonchev–Trinajstić information content (AvgIpc) is 1.67. The van der Waals surface area contributed by atoms with Crippen LogP contribution in [0.4, 0.5) is 17.5 Å². The molecule has 1 aliphatic heterocycles. The summed E-state index contributed by atoms with van der Waals surface area (Å²) in [5, 5.41) is 37.8. The van der Waals surface area contributed by atoms with Crippen molar-refractivity contribution in [2.75, 3.05) is 101 Å². The van der Waals surface area contributed by atoms with Crippen molar-refractivity contribution in [3.8, 4) is 0 Å². The zero-order valence-corrected chi connectivity index (χ0v) is 65.6. The third kappa shape index (κ3) is 36.2. The van der Waals surface area contributed by atoms with Crippen molar-refractivity contribution in [2.24, 2.45) is 11.6 Å². The van der Waals surface area contributed by atoms with Crippen molar-refractivity contribution in [2.45, 2.75) is 132 Å². The largest absolute Gasteiger partial charge is 0.462 e. The number of aliphatic hydroxyl groups is 4. The van der Waals surface area contributed by atoms with E-state index in [4.69, 9.17) is 56.8 Å². The highest BCUT2D eigenvalue weighted by Crippen LogP contribution is 2.26. The molecule has 3 unspecified atom stereocenters. The Morgan fingerprint density at radius 2 is 0.990 bits per heavy atom. The molecule has 0 saturated heterocycles. The molecule has 1 aliphatic rings. The maximum Gasteiger partial charge on any atom is 0.343 e. The highest BCUT2D eigenvalue weighted by molar-refractivity contribution is 9.10. The summed E-state index contributed by atoms with van der Waals surface area (Å²) >= 11 is 16.0. The molecule has 562 valence electrons. The zero-order chi connectivity index (χ0) is 76.1. The summed E-state index contributed by atoms with van der Waals surface area (Å²) in [4.78, 5) is 114. The summed E-state index contributed by atoms with van der Waals surface area (Å²) in [5.74, 6) is 3.86. The van der Waals surface area contributed by atoms with Crippen molar-refractivity contribution in [3.05, 3.63) is 98.1 Å². The minimum absolute atomic E-state index is 0. The number of thioether (sulfide) groups is 5. The minimum atomic E-state index is -0.784. The molecule has 0 saturated carbocycles. The van der Waals surface area contributed by atoms with E-state index < -0.39 is 30.1 Å². The molecule has 3 atom stereocenters. The van der Waals surface area contributed by atoms with Crippen LogP contribution >= 0.6 is 86.3 Å². The van der Waals surface area contributed by atoms with Crippen LogP contribution in [0.5, 0.6) is 0 Å². The first-order chi connectivity index (χ1) is 47.5. The monoisotopic (exact) mass is 1590 g/mol. The van der Waals surface area contributed by atoms with Crippen LogP contribution in [0.1, 0.15) is 139 Å². The van der Waals surface area contributed by atoms with E-state index in [1.165, 1.54) is 104 Å². The standard InChI is InChI=1S/C11H18N4O3S.C10H16N4O3S.C10H13N3O2S.C9H12BrN.C8H9ClN2O2S.C8H12N4O2S.C3H6O2.CH5N.H2O/c1-4-18-10(17)8-5-12-11(19-3)13-9(8)15-14-7(2)6-16;1-4-17-9(16)7-5-11-10(18-3)12-8(7)14-13-6(2)15;1-6(5-14)13-4-8-7(9(13)15)3-11-10(12-8)16-2;1-9(2,3)7-5-4-6-8(10)11-7;1-3-13-7(12)5-4-10-8(14-2)11-6(5)9;1-3-14-7(13)5-4-10-8(15-2)11-6(5)12-9;1-3(5)2-4;1-2;/h5,7,14,16H,4,6H2,1-3H3,(H,12,13,15);5-6,13,15H,4H2,1-3H3,(H,11,12,14);3,6,14H,4-5H2,1-2H3;4-6H,1-3H3;4H,3H2,1-2H3;4H,3,9H2,1-2H3,(H,10,11,12);4H,2H2,1H3;2H2,1H3;1H2. The smallest absolute Gasteiger partial charge is 0.343 e. The number of nitrogens with two attached hydrogens (primary N) is 2. The number of nitrogen functional groups attached to an aromatic ring is 1. The second-order valence-electron chi connectivity index (χ2n) is 19.9. The second kappa shape index (κ2) is 53.9. The third-order valence-electron chi connectivity index (χ3n) is 11.3. The second-order valence-corrected chi connectivity index (χ2v) is 24.9. The molecule has 15 N–H and O–H groups in total. The Balaban J connectivity index is 0. The molecule has 0 fully saturated rings. The van der Waals surface area contributed by atoms with Gasteiger partial charge in [-0.15, -0.1) is 0 Å². The van der Waals surface area contributed by atoms with Crippen LogP contribution in [-0.4, -0.2) is 224 Å². The van der Waals surface area contributed by atoms with Gasteiger partial charge < -0.3 is 71.8 Å². The number of ketones is 1. The first-order valence-corrected chi connectivity index (χ1v) is 37.2. The number of carbonyl (C=O) groups excluding carboxylic acids is 6. The van der Waals surface area contributed by atoms with Gasteiger partial charge in [-0.05, 0) is 122 Å². The van der Waals surface area contributed by atoms with Crippen molar-refractivity contribution in [1.29, 1.82) is 0 Å². The number of rotatable bonds is 24. The lowest BCUT2D eigenvalue weighted by atomic mass is 9.92. The van der Waals surface area contributed by atoms with E-state index >= 15 is 0 Å². The number of aromatic nitrogens is 11. The highest BCUT2D eigenvalue weighted by Gasteiger charge is 2.32. The number of anilines is 3. The van der Waals surface area contributed by atoms with Gasteiger partial charge in [0.15, 0.2) is 49.0 Å². The van der Waals surface area contributed by atoms with E-state index in [-0.39, 0.29) is 107 Å². The number of halogens is 2. The van der Waals surface area contributed by atoms with Crippen LogP contribution in [0.2, 0.25) is 5.15 Å². The van der Waals surface area contributed by atoms with Crippen LogP contribution in [0.25, 0.3) is 0 Å². The fourth-order valence-corrected chi connectivity index (χ4v) is 8.75. The number of nitrogens with one attached hydrogen (secondary N) is 5. The van der Waals surface area contributed by atoms with Crippen LogP contribution in [0.3, 0.4) is 0 Å². The average molecular weight is 1600 g/mol. The summed E-state index contributed by atoms with van der Waals surface area (Å²) in [6, 6.07) is 5.64. The number of hydrogen-bond donors (Lipinski definition) is 11. The van der Waals surface area contributed by atoms with E-state index in [1.807, 2.05) is 56.4 Å². The molecule has 0 bridgehead atoms. The fourth-order valence-electron chi connectivity index (χ4n) is 6.43. The number of hydrogen-bond acceptors (Lipinski definition) is 37. The first-order valence-electron chi connectivity index (χ1n) is 29.9. The number of carbonyl (C=O) groups is 6. The number of Topliss-reactive ketones (excluding diaryl/α,β-unsaturated/α-hetero) is 1. The number of hydrazine groups is 3. The molecule has 0 radical (unpaired) electrons. The normalized spacial score (nSPS) is 11.5. The molecule has 6 aromatic heterocycles. The van der Waals surface area contributed by atoms with Gasteiger partial charge in [-0.25, -0.2) is 90.7 Å². The summed E-state index contributed by atoms with van der Waals surface area (Å²) in [6.07, 6.45) is 15.6. The van der Waals surface area contributed by atoms with Gasteiger partial charge in [0, 0.05) is 48.1 Å². The van der Waals surface area contributed by atoms with Crippen molar-refractivity contribution in [1.82, 2.24) is 70.6 Å². The zero-order valence-electron chi connectivity index (χ0n) is 59.2. The van der Waals surface area contributed by atoms with Gasteiger partial charge in [0.05, 0.1) is 63.5 Å². The number of fused-ring (bicyclic) bond motifs is 1. The topological polar surface area (TPSA) is 509 Å². The summed E-state index contributed by atoms with van der Waals surface area (Å²) in [5.41, 5.74) is 21.1. The molecule has 0 spiro atoms. The quantitative estimate of drug-likeness (QED) is 0.00381. The van der Waals surface area contributed by atoms with Crippen molar-refractivity contribution in [3.63, 3.8) is 0 Å². The van der Waals surface area contributed by atoms with Gasteiger partial charge in [-0.2, -0.15) is 0 Å². The predicted molar refractivity (Wildman–Crippen MR) is 396 cm³/mol. The number of amides is 1. The first kappa shape index (κ1) is 96.2. The summed E-state index contributed by atoms with van der Waals surface area (Å²) < 4.78 is 20.3. The minimum Gasteiger partial charge on any atom is -0.462 e. The van der Waals surface area contributed by atoms with Gasteiger partial charge in [0.25, 0.3) is 5.91 Å². The predicted octanol–water partition coefficient (Wildman–Crippen LogP) is 5.99. The van der Waals surface area contributed by atoms with E-state index in [0.717, 1.165) is 16.0 Å². The van der Waals surface area contributed by atoms with Crippen molar-refractivity contribution >= 4 is 139 Å². The fraction of sp³-hybridized carbons (Fsp3) is 0.483. The number of nitrogens with zero attached hydrogens (tertiary/aromatic N) is 12. The molecular weight excluding hydrogens is 1500 g/mol. The van der Waals surface area contributed by atoms with E-state index in [1.54, 1.807) is 45.7 Å². The van der Waals surface area contributed by atoms with Gasteiger partial charge >= 0.3 is 23.9 Å². The SMILES string of the molecule is CC(=O)CO.CC(C)(C)c1cccc(Br)n1.CCOC(=O)c1cnc(SC)nc1Cl.CCOC(=O)c1cnc(SC)nc1NN.CCOC(=O)c1cnc(SC)nc1NNC(C)CO.CCOC(=O)c1cnc(SC)nc1NNC(C)O.CN.CSc1ncc2c(n1)CN(C(C)CO)C2=O.O. The Bertz CT molecular complexity index is 3480. The highest BCUT2D eigenvalue weighted by atomic mass is 79.9. The number of esters is 4. The van der Waals surface area contributed by atoms with Gasteiger partial charge in [0.1, 0.15) is 44.8 Å². The Hall–Kier alpha value is -6.87. The molecule has 1 amide bonds. The van der Waals surface area contributed by atoms with Crippen LogP contribution in [-0.2, 0) is 35.7 Å². The maximum absolute atomic E-state index is 11.9. The third-order valence-corrected chi connectivity index (χ3v) is 14.9. The number of ether oxygens (including phenoxy) is 4. The van der Waals surface area contributed by atoms with Gasteiger partial charge in [0.2, 0.25) is 0 Å². The van der Waals surface area contributed by atoms with E-state index in [2.05, 4.69) is 124 Å². The maximum atomic E-state index is 11.9. The van der Waals surface area contributed by atoms with Crippen molar-refractivity contribution < 1.29 is 73.6 Å². The number of pyridine rings is 1. The summed E-state index contributed by atoms with van der Waals surface area (Å²) in [6.45, 7) is 21.0. The Morgan fingerprint density at radius 1 is 0.614 bits per heavy atom. The Labute approximate surface area is 622 Å². The lowest BCUT2D eigenvalue weighted by Gasteiger charge is -2.21. The van der Waals surface area contributed by atoms with Gasteiger partial charge in [-0.3, -0.25) is 9.59 Å². The Kier molecular flexibility index (Phi) is 51.3. The van der Waals surface area contributed by atoms with Crippen LogP contribution < -0.4 is 38.7 Å². The molecule has 7 rings (SSSR count). The molecule has 41 heteroatoms. The number of aliphatic hydroxyl groups excluding tert-OH is 4. The lowest BCUT2D eigenvalue weighted by molar-refractivity contribution is -0.119. The molecular formula is C60H93BrClN19O15S5. The lowest BCUT2D eigenvalue weighted by Crippen LogP contribution is -2.35. The van der Waals surface area contributed by atoms with Gasteiger partial charge in [-0.1, -0.05) is 97.2 Å². The van der Waals surface area contributed by atoms with E-state index in [9.17, 15) is 28.8 Å². The molecule has 6 aromatic rings. The molecule has 0 aromatic carbocycles. The molecule has 101 heavy (non-hydrogen) atoms. The molecule has 34 nitrogen and oxygen atoms in total. The van der Waals surface area contributed by atoms with Crippen LogP contribution in [0.15, 0.2) is 79.6 Å². The molecule has 0 aliphatic carbocycles. The summed E-state index contributed by atoms with van der Waals surface area (Å²) in [7, 11) is 1.50.